The number of aromatic nitrogens is 2. The van der Waals surface area contributed by atoms with Crippen LogP contribution in [0.15, 0.2) is 53.1 Å². The number of halogens is 3. The molecule has 0 unspecified atom stereocenters. The number of furan rings is 1. The first-order valence-electron chi connectivity index (χ1n) is 8.65. The Kier molecular flexibility index (Phi) is 4.37. The molecule has 0 fully saturated rings. The minimum Gasteiger partial charge on any atom is -0.467 e. The van der Waals surface area contributed by atoms with Crippen LogP contribution in [0.3, 0.4) is 0 Å². The number of nitrogens with zero attached hydrogens (tertiary/aromatic N) is 2. The van der Waals surface area contributed by atoms with E-state index >= 15 is 0 Å². The van der Waals surface area contributed by atoms with Crippen LogP contribution in [0.2, 0.25) is 0 Å². The van der Waals surface area contributed by atoms with Gasteiger partial charge in [0.15, 0.2) is 11.7 Å². The summed E-state index contributed by atoms with van der Waals surface area (Å²) in [5.74, 6) is -0.0700. The van der Waals surface area contributed by atoms with Crippen molar-refractivity contribution in [2.75, 3.05) is 10.6 Å². The number of alkyl halides is 3. The standard InChI is InChI=1S/C19H17F3N4O2/c1-11-4-6-12(7-5-11)23-18(27)14-10-17-24-13(15-3-2-8-28-15)9-16(19(20,21)22)26(17)25-14/h2-8,10,13,16,24H,9H2,1H3,(H,23,27)/t13-,16-/m1/s1. The molecule has 4 rings (SSSR count). The maximum Gasteiger partial charge on any atom is 0.410 e. The van der Waals surface area contributed by atoms with Gasteiger partial charge >= 0.3 is 6.18 Å². The van der Waals surface area contributed by atoms with Crippen molar-refractivity contribution < 1.29 is 22.4 Å². The van der Waals surface area contributed by atoms with E-state index in [0.717, 1.165) is 10.2 Å². The molecule has 0 radical (unpaired) electrons. The van der Waals surface area contributed by atoms with Crippen molar-refractivity contribution in [3.05, 3.63) is 65.7 Å². The van der Waals surface area contributed by atoms with Gasteiger partial charge in [-0.1, -0.05) is 17.7 Å². The smallest absolute Gasteiger partial charge is 0.410 e. The molecule has 3 heterocycles. The maximum absolute atomic E-state index is 13.6. The number of aryl methyl sites for hydroxylation is 1. The molecule has 1 aliphatic heterocycles. The van der Waals surface area contributed by atoms with E-state index in [1.54, 1.807) is 24.3 Å². The van der Waals surface area contributed by atoms with Crippen LogP contribution in [0.5, 0.6) is 0 Å². The minimum absolute atomic E-state index is 0.0996. The third kappa shape index (κ3) is 3.47. The number of carbonyl (C=O) groups excluding carboxylic acids is 1. The summed E-state index contributed by atoms with van der Waals surface area (Å²) in [7, 11) is 0. The van der Waals surface area contributed by atoms with Gasteiger partial charge in [0.05, 0.1) is 12.3 Å². The fraction of sp³-hybridized carbons (Fsp3) is 0.263. The summed E-state index contributed by atoms with van der Waals surface area (Å²) >= 11 is 0. The Morgan fingerprint density at radius 3 is 2.68 bits per heavy atom. The van der Waals surface area contributed by atoms with Gasteiger partial charge in [-0.3, -0.25) is 4.79 Å². The van der Waals surface area contributed by atoms with E-state index in [4.69, 9.17) is 4.42 Å². The Morgan fingerprint density at radius 2 is 2.04 bits per heavy atom. The highest BCUT2D eigenvalue weighted by Crippen LogP contribution is 2.43. The summed E-state index contributed by atoms with van der Waals surface area (Å²) in [5.41, 5.74) is 1.46. The van der Waals surface area contributed by atoms with Gasteiger partial charge in [-0.05, 0) is 31.2 Å². The van der Waals surface area contributed by atoms with Gasteiger partial charge in [0, 0.05) is 18.2 Å². The Hall–Kier alpha value is -3.23. The molecule has 2 N–H and O–H groups in total. The topological polar surface area (TPSA) is 72.1 Å². The predicted octanol–water partition coefficient (Wildman–Crippen LogP) is 4.70. The second-order valence-electron chi connectivity index (χ2n) is 6.68. The van der Waals surface area contributed by atoms with Gasteiger partial charge < -0.3 is 15.1 Å². The molecule has 0 spiro atoms. The van der Waals surface area contributed by atoms with Crippen molar-refractivity contribution in [1.29, 1.82) is 0 Å². The van der Waals surface area contributed by atoms with Crippen molar-refractivity contribution in [3.8, 4) is 0 Å². The highest BCUT2D eigenvalue weighted by Gasteiger charge is 2.47. The summed E-state index contributed by atoms with van der Waals surface area (Å²) in [6.07, 6.45) is -3.39. The van der Waals surface area contributed by atoms with Crippen LogP contribution in [-0.4, -0.2) is 21.9 Å². The molecule has 2 aromatic heterocycles. The Balaban J connectivity index is 1.63. The third-order valence-electron chi connectivity index (χ3n) is 4.62. The van der Waals surface area contributed by atoms with Crippen LogP contribution >= 0.6 is 0 Å². The molecule has 0 bridgehead atoms. The minimum atomic E-state index is -4.52. The number of anilines is 2. The second kappa shape index (κ2) is 6.74. The van der Waals surface area contributed by atoms with Gasteiger partial charge in [-0.15, -0.1) is 0 Å². The number of fused-ring (bicyclic) bond motifs is 1. The van der Waals surface area contributed by atoms with E-state index in [0.29, 0.717) is 11.4 Å². The van der Waals surface area contributed by atoms with E-state index in [-0.39, 0.29) is 17.9 Å². The van der Waals surface area contributed by atoms with E-state index in [1.165, 1.54) is 12.3 Å². The van der Waals surface area contributed by atoms with Crippen molar-refractivity contribution in [2.45, 2.75) is 31.6 Å². The number of amides is 1. The van der Waals surface area contributed by atoms with E-state index < -0.39 is 24.2 Å². The molecule has 1 aromatic carbocycles. The zero-order valence-electron chi connectivity index (χ0n) is 14.8. The van der Waals surface area contributed by atoms with Crippen molar-refractivity contribution >= 4 is 17.4 Å². The van der Waals surface area contributed by atoms with E-state index in [1.807, 2.05) is 19.1 Å². The summed E-state index contributed by atoms with van der Waals surface area (Å²) in [6, 6.07) is 9.09. The van der Waals surface area contributed by atoms with Crippen LogP contribution in [0, 0.1) is 6.92 Å². The first kappa shape index (κ1) is 18.1. The van der Waals surface area contributed by atoms with Gasteiger partial charge in [-0.2, -0.15) is 18.3 Å². The number of nitrogens with one attached hydrogen (secondary N) is 2. The Morgan fingerprint density at radius 1 is 1.29 bits per heavy atom. The molecule has 2 atom stereocenters. The highest BCUT2D eigenvalue weighted by atomic mass is 19.4. The first-order valence-corrected chi connectivity index (χ1v) is 8.65. The number of benzene rings is 1. The quantitative estimate of drug-likeness (QED) is 0.680. The summed E-state index contributed by atoms with van der Waals surface area (Å²) in [4.78, 5) is 12.5. The van der Waals surface area contributed by atoms with Gasteiger partial charge in [-0.25, -0.2) is 4.68 Å². The van der Waals surface area contributed by atoms with Crippen molar-refractivity contribution in [3.63, 3.8) is 0 Å². The fourth-order valence-corrected chi connectivity index (χ4v) is 3.19. The molecule has 28 heavy (non-hydrogen) atoms. The first-order chi connectivity index (χ1) is 13.3. The molecule has 9 heteroatoms. The average molecular weight is 390 g/mol. The summed E-state index contributed by atoms with van der Waals surface area (Å²) < 4.78 is 46.9. The normalized spacial score (nSPS) is 19.0. The molecular formula is C19H17F3N4O2. The lowest BCUT2D eigenvalue weighted by atomic mass is 10.0. The zero-order valence-corrected chi connectivity index (χ0v) is 14.8. The number of rotatable bonds is 3. The summed E-state index contributed by atoms with van der Waals surface area (Å²) in [6.45, 7) is 1.91. The number of hydrogen-bond donors (Lipinski definition) is 2. The van der Waals surface area contributed by atoms with Crippen LogP contribution in [0.1, 0.15) is 40.3 Å². The van der Waals surface area contributed by atoms with Crippen LogP contribution in [0.25, 0.3) is 0 Å². The highest BCUT2D eigenvalue weighted by molar-refractivity contribution is 6.03. The maximum atomic E-state index is 13.6. The van der Waals surface area contributed by atoms with E-state index in [2.05, 4.69) is 15.7 Å². The number of hydrogen-bond acceptors (Lipinski definition) is 4. The lowest BCUT2D eigenvalue weighted by Crippen LogP contribution is -2.35. The predicted molar refractivity (Wildman–Crippen MR) is 96.1 cm³/mol. The van der Waals surface area contributed by atoms with Crippen molar-refractivity contribution in [2.24, 2.45) is 0 Å². The van der Waals surface area contributed by atoms with Gasteiger partial charge in [0.25, 0.3) is 5.91 Å². The lowest BCUT2D eigenvalue weighted by molar-refractivity contribution is -0.174. The average Bonchev–Trinajstić information content (AvgIpc) is 3.31. The van der Waals surface area contributed by atoms with Gasteiger partial charge in [0.1, 0.15) is 11.6 Å². The molecule has 146 valence electrons. The SMILES string of the molecule is Cc1ccc(NC(=O)c2cc3n(n2)[C@@H](C(F)(F)F)C[C@H](c2ccco2)N3)cc1. The van der Waals surface area contributed by atoms with Crippen LogP contribution < -0.4 is 10.6 Å². The molecule has 0 aliphatic carbocycles. The number of carbonyl (C=O) groups is 1. The largest absolute Gasteiger partial charge is 0.467 e. The molecule has 0 saturated carbocycles. The fourth-order valence-electron chi connectivity index (χ4n) is 3.19. The van der Waals surface area contributed by atoms with Crippen molar-refractivity contribution in [1.82, 2.24) is 9.78 Å². The summed E-state index contributed by atoms with van der Waals surface area (Å²) in [5, 5.41) is 9.54. The van der Waals surface area contributed by atoms with Gasteiger partial charge in [0.2, 0.25) is 0 Å². The molecule has 0 saturated heterocycles. The van der Waals surface area contributed by atoms with Crippen LogP contribution in [-0.2, 0) is 0 Å². The molecule has 1 aliphatic rings. The zero-order chi connectivity index (χ0) is 19.9. The molecule has 3 aromatic rings. The van der Waals surface area contributed by atoms with E-state index in [9.17, 15) is 18.0 Å². The third-order valence-corrected chi connectivity index (χ3v) is 4.62. The molecule has 1 amide bonds. The second-order valence-corrected chi connectivity index (χ2v) is 6.68. The lowest BCUT2D eigenvalue weighted by Gasteiger charge is -2.32. The molecular weight excluding hydrogens is 373 g/mol. The van der Waals surface area contributed by atoms with Crippen LogP contribution in [0.4, 0.5) is 24.7 Å². The Bertz CT molecular complexity index is 978. The monoisotopic (exact) mass is 390 g/mol. The molecule has 6 nitrogen and oxygen atoms in total. The Labute approximate surface area is 158 Å².